The van der Waals surface area contributed by atoms with Gasteiger partial charge in [-0.2, -0.15) is 0 Å². The SMILES string of the molecule is CCC(=O)C(C)n1ccc(=O)cc1. The summed E-state index contributed by atoms with van der Waals surface area (Å²) in [5.41, 5.74) is -0.0348. The largest absolute Gasteiger partial charge is 0.344 e. The minimum Gasteiger partial charge on any atom is -0.344 e. The summed E-state index contributed by atoms with van der Waals surface area (Å²) >= 11 is 0. The highest BCUT2D eigenvalue weighted by Crippen LogP contribution is 2.06. The molecule has 0 saturated heterocycles. The van der Waals surface area contributed by atoms with E-state index < -0.39 is 0 Å². The lowest BCUT2D eigenvalue weighted by atomic mass is 10.1. The molecule has 1 aromatic rings. The van der Waals surface area contributed by atoms with E-state index in [1.165, 1.54) is 12.1 Å². The first-order valence-electron chi connectivity index (χ1n) is 4.35. The fourth-order valence-corrected chi connectivity index (χ4v) is 1.14. The van der Waals surface area contributed by atoms with Crippen molar-refractivity contribution in [3.8, 4) is 0 Å². The van der Waals surface area contributed by atoms with Crippen molar-refractivity contribution in [3.63, 3.8) is 0 Å². The van der Waals surface area contributed by atoms with Gasteiger partial charge in [0.25, 0.3) is 0 Å². The molecule has 1 heterocycles. The van der Waals surface area contributed by atoms with Gasteiger partial charge in [-0.1, -0.05) is 6.92 Å². The number of Topliss-reactive ketones (excluding diaryl/α,β-unsaturated/α-hetero) is 1. The van der Waals surface area contributed by atoms with Gasteiger partial charge in [0.2, 0.25) is 0 Å². The van der Waals surface area contributed by atoms with Gasteiger partial charge >= 0.3 is 0 Å². The Morgan fingerprint density at radius 2 is 2.00 bits per heavy atom. The van der Waals surface area contributed by atoms with Gasteiger partial charge in [0.05, 0.1) is 6.04 Å². The molecule has 0 radical (unpaired) electrons. The number of hydrogen-bond donors (Lipinski definition) is 0. The van der Waals surface area contributed by atoms with Gasteiger partial charge in [-0.15, -0.1) is 0 Å². The van der Waals surface area contributed by atoms with E-state index >= 15 is 0 Å². The molecule has 0 aliphatic carbocycles. The second-order valence-corrected chi connectivity index (χ2v) is 2.98. The van der Waals surface area contributed by atoms with E-state index in [0.29, 0.717) is 6.42 Å². The molecule has 0 bridgehead atoms. The Morgan fingerprint density at radius 1 is 1.46 bits per heavy atom. The fraction of sp³-hybridized carbons (Fsp3) is 0.400. The minimum atomic E-state index is -0.175. The molecule has 1 atom stereocenters. The summed E-state index contributed by atoms with van der Waals surface area (Å²) in [4.78, 5) is 22.1. The molecular formula is C10H13NO2. The maximum absolute atomic E-state index is 11.3. The van der Waals surface area contributed by atoms with Crippen LogP contribution in [0.4, 0.5) is 0 Å². The van der Waals surface area contributed by atoms with Crippen molar-refractivity contribution in [3.05, 3.63) is 34.7 Å². The van der Waals surface area contributed by atoms with Crippen molar-refractivity contribution < 1.29 is 4.79 Å². The number of nitrogens with zero attached hydrogens (tertiary/aromatic N) is 1. The van der Waals surface area contributed by atoms with Crippen molar-refractivity contribution in [1.82, 2.24) is 4.57 Å². The average molecular weight is 179 g/mol. The number of aromatic nitrogens is 1. The summed E-state index contributed by atoms with van der Waals surface area (Å²) in [5.74, 6) is 0.170. The Labute approximate surface area is 77.0 Å². The summed E-state index contributed by atoms with van der Waals surface area (Å²) < 4.78 is 1.74. The highest BCUT2D eigenvalue weighted by atomic mass is 16.1. The summed E-state index contributed by atoms with van der Waals surface area (Å²) in [6.45, 7) is 3.66. The quantitative estimate of drug-likeness (QED) is 0.703. The smallest absolute Gasteiger partial charge is 0.181 e. The van der Waals surface area contributed by atoms with Crippen LogP contribution in [-0.4, -0.2) is 10.4 Å². The third-order valence-electron chi connectivity index (χ3n) is 2.08. The Hall–Kier alpha value is -1.38. The molecule has 13 heavy (non-hydrogen) atoms. The predicted molar refractivity (Wildman–Crippen MR) is 50.7 cm³/mol. The molecule has 0 aromatic carbocycles. The second kappa shape index (κ2) is 4.03. The third-order valence-corrected chi connectivity index (χ3v) is 2.08. The minimum absolute atomic E-state index is 0.0348. The molecule has 1 aromatic heterocycles. The number of rotatable bonds is 3. The number of ketones is 1. The Morgan fingerprint density at radius 3 is 2.46 bits per heavy atom. The molecule has 3 nitrogen and oxygen atoms in total. The molecule has 0 amide bonds. The predicted octanol–water partition coefficient (Wildman–Crippen LogP) is 1.39. The van der Waals surface area contributed by atoms with E-state index in [1.807, 2.05) is 13.8 Å². The van der Waals surface area contributed by atoms with Crippen molar-refractivity contribution in [2.24, 2.45) is 0 Å². The first-order chi connectivity index (χ1) is 6.15. The molecule has 0 spiro atoms. The second-order valence-electron chi connectivity index (χ2n) is 2.98. The highest BCUT2D eigenvalue weighted by molar-refractivity contribution is 5.81. The molecule has 0 N–H and O–H groups in total. The first-order valence-corrected chi connectivity index (χ1v) is 4.35. The highest BCUT2D eigenvalue weighted by Gasteiger charge is 2.10. The van der Waals surface area contributed by atoms with Gasteiger partial charge in [-0.05, 0) is 6.92 Å². The summed E-state index contributed by atoms with van der Waals surface area (Å²) in [5, 5.41) is 0. The zero-order valence-corrected chi connectivity index (χ0v) is 7.86. The van der Waals surface area contributed by atoms with Crippen LogP contribution in [0.5, 0.6) is 0 Å². The fourth-order valence-electron chi connectivity index (χ4n) is 1.14. The van der Waals surface area contributed by atoms with Crippen molar-refractivity contribution in [2.75, 3.05) is 0 Å². The maximum Gasteiger partial charge on any atom is 0.181 e. The van der Waals surface area contributed by atoms with Gasteiger partial charge in [0.15, 0.2) is 11.2 Å². The molecule has 0 aliphatic heterocycles. The Kier molecular flexibility index (Phi) is 3.01. The lowest BCUT2D eigenvalue weighted by Gasteiger charge is -2.12. The first kappa shape index (κ1) is 9.71. The van der Waals surface area contributed by atoms with Gasteiger partial charge in [0, 0.05) is 30.9 Å². The molecule has 3 heteroatoms. The van der Waals surface area contributed by atoms with Gasteiger partial charge in [0.1, 0.15) is 0 Å². The molecular weight excluding hydrogens is 166 g/mol. The Balaban J connectivity index is 2.89. The van der Waals surface area contributed by atoms with Crippen LogP contribution in [0.3, 0.4) is 0 Å². The maximum atomic E-state index is 11.3. The van der Waals surface area contributed by atoms with Crippen LogP contribution in [0.1, 0.15) is 26.3 Å². The zero-order valence-electron chi connectivity index (χ0n) is 7.86. The van der Waals surface area contributed by atoms with E-state index in [9.17, 15) is 9.59 Å². The average Bonchev–Trinajstić information content (AvgIpc) is 2.17. The molecule has 0 aliphatic rings. The van der Waals surface area contributed by atoms with Crippen LogP contribution in [0.2, 0.25) is 0 Å². The summed E-state index contributed by atoms with van der Waals surface area (Å²) in [6, 6.07) is 2.74. The van der Waals surface area contributed by atoms with Gasteiger partial charge in [-0.3, -0.25) is 9.59 Å². The Bertz CT molecular complexity index is 334. The van der Waals surface area contributed by atoms with E-state index in [0.717, 1.165) is 0 Å². The molecule has 0 fully saturated rings. The standard InChI is InChI=1S/C10H13NO2/c1-3-10(13)8(2)11-6-4-9(12)5-7-11/h4-8H,3H2,1-2H3. The van der Waals surface area contributed by atoms with Crippen LogP contribution in [0.15, 0.2) is 29.3 Å². The van der Waals surface area contributed by atoms with Gasteiger partial charge < -0.3 is 4.57 Å². The lowest BCUT2D eigenvalue weighted by molar-refractivity contribution is -0.121. The van der Waals surface area contributed by atoms with E-state index in [2.05, 4.69) is 0 Å². The number of carbonyl (C=O) groups excluding carboxylic acids is 1. The molecule has 1 unspecified atom stereocenters. The lowest BCUT2D eigenvalue weighted by Crippen LogP contribution is -2.16. The summed E-state index contributed by atoms with van der Waals surface area (Å²) in [6.07, 6.45) is 3.80. The number of carbonyl (C=O) groups is 1. The van der Waals surface area contributed by atoms with Crippen LogP contribution in [-0.2, 0) is 4.79 Å². The molecule has 0 saturated carbocycles. The van der Waals surface area contributed by atoms with Crippen molar-refractivity contribution in [2.45, 2.75) is 26.3 Å². The van der Waals surface area contributed by atoms with Crippen molar-refractivity contribution >= 4 is 5.78 Å². The van der Waals surface area contributed by atoms with Crippen LogP contribution >= 0.6 is 0 Å². The van der Waals surface area contributed by atoms with Crippen LogP contribution in [0.25, 0.3) is 0 Å². The normalized spacial score (nSPS) is 12.5. The van der Waals surface area contributed by atoms with Crippen LogP contribution in [0, 0.1) is 0 Å². The van der Waals surface area contributed by atoms with E-state index in [1.54, 1.807) is 17.0 Å². The monoisotopic (exact) mass is 179 g/mol. The third kappa shape index (κ3) is 2.28. The number of pyridine rings is 1. The zero-order chi connectivity index (χ0) is 9.84. The number of hydrogen-bond acceptors (Lipinski definition) is 2. The van der Waals surface area contributed by atoms with Gasteiger partial charge in [-0.25, -0.2) is 0 Å². The molecule has 70 valence electrons. The summed E-state index contributed by atoms with van der Waals surface area (Å²) in [7, 11) is 0. The topological polar surface area (TPSA) is 39.1 Å². The van der Waals surface area contributed by atoms with Crippen molar-refractivity contribution in [1.29, 1.82) is 0 Å². The molecule has 1 rings (SSSR count). The van der Waals surface area contributed by atoms with E-state index in [4.69, 9.17) is 0 Å². The van der Waals surface area contributed by atoms with E-state index in [-0.39, 0.29) is 17.3 Å². The van der Waals surface area contributed by atoms with Crippen LogP contribution < -0.4 is 5.43 Å².